The largest absolute Gasteiger partial charge is 0.480 e. The highest BCUT2D eigenvalue weighted by atomic mass is 16.4. The maximum atomic E-state index is 10.3. The molecule has 0 atom stereocenters. The first-order valence-electron chi connectivity index (χ1n) is 3.96. The lowest BCUT2D eigenvalue weighted by molar-refractivity contribution is -0.134. The summed E-state index contributed by atoms with van der Waals surface area (Å²) in [6.07, 6.45) is 0. The number of carbonyl (C=O) groups is 1. The first-order valence-corrected chi connectivity index (χ1v) is 3.96. The molecule has 0 amide bonds. The number of anilines is 1. The smallest absolute Gasteiger partial charge is 0.322 e. The Balaban J connectivity index is 2.82. The van der Waals surface area contributed by atoms with Gasteiger partial charge in [0.05, 0.1) is 11.6 Å². The number of nitrogens with zero attached hydrogens (tertiary/aromatic N) is 2. The second-order valence-corrected chi connectivity index (χ2v) is 2.74. The minimum absolute atomic E-state index is 0.207. The zero-order chi connectivity index (χ0) is 10.6. The van der Waals surface area contributed by atoms with Crippen LogP contribution in [0.15, 0.2) is 12.1 Å². The minimum Gasteiger partial charge on any atom is -0.480 e. The molecule has 14 heavy (non-hydrogen) atoms. The Morgan fingerprint density at radius 3 is 3.00 bits per heavy atom. The summed E-state index contributed by atoms with van der Waals surface area (Å²) in [6.45, 7) is 1.54. The summed E-state index contributed by atoms with van der Waals surface area (Å²) in [5, 5.41) is 19.7. The van der Waals surface area contributed by atoms with E-state index in [1.807, 2.05) is 6.07 Å². The van der Waals surface area contributed by atoms with Gasteiger partial charge >= 0.3 is 5.97 Å². The zero-order valence-electron chi connectivity index (χ0n) is 7.61. The van der Waals surface area contributed by atoms with Gasteiger partial charge < -0.3 is 10.4 Å². The van der Waals surface area contributed by atoms with Gasteiger partial charge in [0, 0.05) is 5.69 Å². The van der Waals surface area contributed by atoms with Crippen LogP contribution in [0.3, 0.4) is 0 Å². The van der Waals surface area contributed by atoms with Crippen molar-refractivity contribution in [2.24, 2.45) is 0 Å². The number of nitrogens with one attached hydrogen (secondary N) is 1. The number of carboxylic acid groups (broad SMARTS) is 1. The Labute approximate surface area is 81.0 Å². The number of hydrogen-bond acceptors (Lipinski definition) is 4. The highest BCUT2D eigenvalue weighted by molar-refractivity contribution is 5.72. The SMILES string of the molecule is Cc1cc(C#N)cc(NCC(=O)O)n1. The normalized spacial score (nSPS) is 9.14. The van der Waals surface area contributed by atoms with Gasteiger partial charge in [0.2, 0.25) is 0 Å². The molecule has 1 aromatic heterocycles. The lowest BCUT2D eigenvalue weighted by atomic mass is 10.2. The Morgan fingerprint density at radius 2 is 2.43 bits per heavy atom. The third-order valence-corrected chi connectivity index (χ3v) is 1.50. The maximum absolute atomic E-state index is 10.3. The van der Waals surface area contributed by atoms with Gasteiger partial charge in [-0.1, -0.05) is 0 Å². The molecule has 0 aliphatic carbocycles. The van der Waals surface area contributed by atoms with Crippen LogP contribution in [-0.2, 0) is 4.79 Å². The molecule has 0 aliphatic heterocycles. The Kier molecular flexibility index (Phi) is 3.02. The summed E-state index contributed by atoms with van der Waals surface area (Å²) in [6, 6.07) is 5.11. The number of hydrogen-bond donors (Lipinski definition) is 2. The van der Waals surface area contributed by atoms with E-state index in [0.29, 0.717) is 17.1 Å². The van der Waals surface area contributed by atoms with Crippen LogP contribution in [0.5, 0.6) is 0 Å². The summed E-state index contributed by atoms with van der Waals surface area (Å²) >= 11 is 0. The molecule has 72 valence electrons. The fraction of sp³-hybridized carbons (Fsp3) is 0.222. The lowest BCUT2D eigenvalue weighted by Gasteiger charge is -2.03. The topological polar surface area (TPSA) is 86.0 Å². The van der Waals surface area contributed by atoms with Crippen molar-refractivity contribution in [3.63, 3.8) is 0 Å². The van der Waals surface area contributed by atoms with E-state index in [0.717, 1.165) is 0 Å². The second-order valence-electron chi connectivity index (χ2n) is 2.74. The van der Waals surface area contributed by atoms with Crippen LogP contribution in [0.1, 0.15) is 11.3 Å². The molecule has 1 heterocycles. The molecular weight excluding hydrogens is 182 g/mol. The summed E-state index contributed by atoms with van der Waals surface area (Å²) in [7, 11) is 0. The molecule has 1 aromatic rings. The van der Waals surface area contributed by atoms with Crippen LogP contribution < -0.4 is 5.32 Å². The van der Waals surface area contributed by atoms with Crippen molar-refractivity contribution in [1.29, 1.82) is 5.26 Å². The molecule has 0 saturated heterocycles. The van der Waals surface area contributed by atoms with Gasteiger partial charge in [0.15, 0.2) is 0 Å². The average Bonchev–Trinajstić information content (AvgIpc) is 2.14. The Bertz CT molecular complexity index is 396. The predicted octanol–water partition coefficient (Wildman–Crippen LogP) is 0.758. The number of nitriles is 1. The molecule has 0 spiro atoms. The third-order valence-electron chi connectivity index (χ3n) is 1.50. The first kappa shape index (κ1) is 9.99. The van der Waals surface area contributed by atoms with E-state index < -0.39 is 5.97 Å². The van der Waals surface area contributed by atoms with Gasteiger partial charge in [-0.3, -0.25) is 4.79 Å². The molecule has 2 N–H and O–H groups in total. The van der Waals surface area contributed by atoms with Crippen molar-refractivity contribution in [1.82, 2.24) is 4.98 Å². The van der Waals surface area contributed by atoms with E-state index >= 15 is 0 Å². The summed E-state index contributed by atoms with van der Waals surface area (Å²) < 4.78 is 0. The lowest BCUT2D eigenvalue weighted by Crippen LogP contribution is -2.13. The zero-order valence-corrected chi connectivity index (χ0v) is 7.61. The number of rotatable bonds is 3. The van der Waals surface area contributed by atoms with Crippen LogP contribution in [0.25, 0.3) is 0 Å². The van der Waals surface area contributed by atoms with Crippen LogP contribution in [0, 0.1) is 18.3 Å². The Hall–Kier alpha value is -2.09. The van der Waals surface area contributed by atoms with E-state index in [-0.39, 0.29) is 6.54 Å². The van der Waals surface area contributed by atoms with Crippen LogP contribution >= 0.6 is 0 Å². The van der Waals surface area contributed by atoms with Crippen molar-refractivity contribution in [2.45, 2.75) is 6.92 Å². The Morgan fingerprint density at radius 1 is 1.71 bits per heavy atom. The van der Waals surface area contributed by atoms with Crippen LogP contribution in [0.2, 0.25) is 0 Å². The van der Waals surface area contributed by atoms with Crippen molar-refractivity contribution in [3.05, 3.63) is 23.4 Å². The minimum atomic E-state index is -0.966. The number of aryl methyl sites for hydroxylation is 1. The molecule has 0 radical (unpaired) electrons. The number of carboxylic acids is 1. The van der Waals surface area contributed by atoms with E-state index in [9.17, 15) is 4.79 Å². The van der Waals surface area contributed by atoms with E-state index in [1.54, 1.807) is 13.0 Å². The molecule has 0 aliphatic rings. The van der Waals surface area contributed by atoms with Crippen molar-refractivity contribution in [2.75, 3.05) is 11.9 Å². The molecule has 0 fully saturated rings. The number of aromatic nitrogens is 1. The monoisotopic (exact) mass is 191 g/mol. The molecule has 0 saturated carbocycles. The summed E-state index contributed by atoms with van der Waals surface area (Å²) in [5.74, 6) is -0.559. The summed E-state index contributed by atoms with van der Waals surface area (Å²) in [5.41, 5.74) is 1.14. The standard InChI is InChI=1S/C9H9N3O2/c1-6-2-7(4-10)3-8(12-6)11-5-9(13)14/h2-3H,5H2,1H3,(H,11,12)(H,13,14). The molecule has 0 bridgehead atoms. The van der Waals surface area contributed by atoms with E-state index in [2.05, 4.69) is 10.3 Å². The second kappa shape index (κ2) is 4.23. The number of pyridine rings is 1. The highest BCUT2D eigenvalue weighted by Gasteiger charge is 2.01. The van der Waals surface area contributed by atoms with Crippen LogP contribution in [0.4, 0.5) is 5.82 Å². The molecule has 0 unspecified atom stereocenters. The van der Waals surface area contributed by atoms with E-state index in [1.165, 1.54) is 6.07 Å². The summed E-state index contributed by atoms with van der Waals surface area (Å²) in [4.78, 5) is 14.3. The fourth-order valence-electron chi connectivity index (χ4n) is 0.990. The van der Waals surface area contributed by atoms with Gasteiger partial charge in [-0.25, -0.2) is 4.98 Å². The third kappa shape index (κ3) is 2.75. The maximum Gasteiger partial charge on any atom is 0.322 e. The van der Waals surface area contributed by atoms with Gasteiger partial charge in [0.1, 0.15) is 12.4 Å². The van der Waals surface area contributed by atoms with Crippen molar-refractivity contribution in [3.8, 4) is 6.07 Å². The molecular formula is C9H9N3O2. The van der Waals surface area contributed by atoms with Crippen molar-refractivity contribution >= 4 is 11.8 Å². The highest BCUT2D eigenvalue weighted by Crippen LogP contribution is 2.08. The van der Waals surface area contributed by atoms with Crippen LogP contribution in [-0.4, -0.2) is 22.6 Å². The van der Waals surface area contributed by atoms with Gasteiger partial charge in [-0.2, -0.15) is 5.26 Å². The average molecular weight is 191 g/mol. The van der Waals surface area contributed by atoms with Gasteiger partial charge in [-0.15, -0.1) is 0 Å². The van der Waals surface area contributed by atoms with Gasteiger partial charge in [-0.05, 0) is 19.1 Å². The first-order chi connectivity index (χ1) is 6.61. The molecule has 0 aromatic carbocycles. The number of aliphatic carboxylic acids is 1. The molecule has 5 heteroatoms. The van der Waals surface area contributed by atoms with E-state index in [4.69, 9.17) is 10.4 Å². The van der Waals surface area contributed by atoms with Gasteiger partial charge in [0.25, 0.3) is 0 Å². The van der Waals surface area contributed by atoms with Crippen molar-refractivity contribution < 1.29 is 9.90 Å². The fourth-order valence-corrected chi connectivity index (χ4v) is 0.990. The quantitative estimate of drug-likeness (QED) is 0.736. The molecule has 5 nitrogen and oxygen atoms in total. The predicted molar refractivity (Wildman–Crippen MR) is 49.8 cm³/mol. The molecule has 1 rings (SSSR count).